The number of fused-ring (bicyclic) bond motifs is 1. The van der Waals surface area contributed by atoms with Gasteiger partial charge in [-0.2, -0.15) is 5.10 Å². The second-order valence-corrected chi connectivity index (χ2v) is 7.54. The number of sulfone groups is 1. The molecule has 0 aliphatic carbocycles. The van der Waals surface area contributed by atoms with Crippen LogP contribution < -0.4 is 5.32 Å². The quantitative estimate of drug-likeness (QED) is 0.938. The van der Waals surface area contributed by atoms with Crippen molar-refractivity contribution >= 4 is 9.84 Å². The van der Waals surface area contributed by atoms with Crippen molar-refractivity contribution in [2.24, 2.45) is 7.05 Å². The fourth-order valence-electron chi connectivity index (χ4n) is 2.75. The number of hydrogen-bond donors (Lipinski definition) is 1. The number of hydrogen-bond acceptors (Lipinski definition) is 4. The van der Waals surface area contributed by atoms with E-state index in [1.165, 1.54) is 0 Å². The smallest absolute Gasteiger partial charge is 0.178 e. The largest absolute Gasteiger partial charge is 0.306 e. The predicted octanol–water partition coefficient (Wildman–Crippen LogP) is 1.74. The maximum absolute atomic E-state index is 12.1. The maximum Gasteiger partial charge on any atom is 0.178 e. The lowest BCUT2D eigenvalue weighted by Gasteiger charge is -2.26. The van der Waals surface area contributed by atoms with E-state index in [0.29, 0.717) is 17.9 Å². The minimum absolute atomic E-state index is 0.0735. The Labute approximate surface area is 124 Å². The van der Waals surface area contributed by atoms with E-state index in [1.54, 1.807) is 12.1 Å². The van der Waals surface area contributed by atoms with Crippen molar-refractivity contribution in [1.82, 2.24) is 15.1 Å². The molecule has 2 heterocycles. The summed E-state index contributed by atoms with van der Waals surface area (Å²) < 4.78 is 26.1. The third-order valence-electron chi connectivity index (χ3n) is 4.18. The first-order chi connectivity index (χ1) is 9.99. The van der Waals surface area contributed by atoms with E-state index in [-0.39, 0.29) is 11.8 Å². The molecule has 1 aliphatic rings. The molecule has 1 aliphatic heterocycles. The van der Waals surface area contributed by atoms with E-state index in [2.05, 4.69) is 10.4 Å². The molecule has 3 rings (SSSR count). The van der Waals surface area contributed by atoms with Gasteiger partial charge in [0.2, 0.25) is 0 Å². The lowest BCUT2D eigenvalue weighted by atomic mass is 10.0. The highest BCUT2D eigenvalue weighted by Gasteiger charge is 2.29. The van der Waals surface area contributed by atoms with E-state index < -0.39 is 9.84 Å². The Hall–Kier alpha value is -1.66. The van der Waals surface area contributed by atoms with Crippen molar-refractivity contribution < 1.29 is 8.42 Å². The molecule has 0 saturated carbocycles. The summed E-state index contributed by atoms with van der Waals surface area (Å²) in [6.45, 7) is 2.72. The summed E-state index contributed by atoms with van der Waals surface area (Å²) in [5.41, 5.74) is 3.15. The van der Waals surface area contributed by atoms with Gasteiger partial charge in [0.1, 0.15) is 0 Å². The topological polar surface area (TPSA) is 64.0 Å². The van der Waals surface area contributed by atoms with Crippen LogP contribution in [0.1, 0.15) is 29.3 Å². The van der Waals surface area contributed by atoms with Crippen LogP contribution in [0, 0.1) is 6.92 Å². The van der Waals surface area contributed by atoms with E-state index >= 15 is 0 Å². The number of aromatic nitrogens is 2. The van der Waals surface area contributed by atoms with Crippen molar-refractivity contribution in [3.63, 3.8) is 0 Å². The molecule has 0 spiro atoms. The van der Waals surface area contributed by atoms with Crippen molar-refractivity contribution in [2.75, 3.05) is 5.75 Å². The first-order valence-electron chi connectivity index (χ1n) is 7.01. The summed E-state index contributed by atoms with van der Waals surface area (Å²) in [6, 6.07) is 7.35. The predicted molar refractivity (Wildman–Crippen MR) is 80.6 cm³/mol. The Balaban J connectivity index is 1.83. The molecule has 0 fully saturated rings. The van der Waals surface area contributed by atoms with E-state index in [1.807, 2.05) is 37.0 Å². The van der Waals surface area contributed by atoms with Crippen LogP contribution in [0.2, 0.25) is 0 Å². The van der Waals surface area contributed by atoms with Crippen molar-refractivity contribution in [2.45, 2.75) is 30.8 Å². The van der Waals surface area contributed by atoms with Crippen LogP contribution in [0.4, 0.5) is 0 Å². The van der Waals surface area contributed by atoms with E-state index in [4.69, 9.17) is 0 Å². The third-order valence-corrected chi connectivity index (χ3v) is 6.00. The zero-order valence-electron chi connectivity index (χ0n) is 12.2. The number of rotatable bonds is 3. The summed E-state index contributed by atoms with van der Waals surface area (Å²) in [5.74, 6) is 0.202. The lowest BCUT2D eigenvalue weighted by Crippen LogP contribution is -2.29. The van der Waals surface area contributed by atoms with Gasteiger partial charge in [-0.25, -0.2) is 8.42 Å². The Morgan fingerprint density at radius 1 is 1.38 bits per heavy atom. The molecule has 2 aromatic rings. The van der Waals surface area contributed by atoms with Crippen LogP contribution in [-0.4, -0.2) is 24.0 Å². The highest BCUT2D eigenvalue weighted by atomic mass is 32.2. The highest BCUT2D eigenvalue weighted by Crippen LogP contribution is 2.32. The van der Waals surface area contributed by atoms with Crippen LogP contribution in [0.25, 0.3) is 0 Å². The number of aryl methyl sites for hydroxylation is 1. The highest BCUT2D eigenvalue weighted by molar-refractivity contribution is 7.91. The number of benzene rings is 1. The molecule has 112 valence electrons. The van der Waals surface area contributed by atoms with Crippen LogP contribution in [0.15, 0.2) is 35.4 Å². The van der Waals surface area contributed by atoms with Gasteiger partial charge in [-0.15, -0.1) is 0 Å². The van der Waals surface area contributed by atoms with Crippen LogP contribution in [0.3, 0.4) is 0 Å². The van der Waals surface area contributed by atoms with Gasteiger partial charge in [0.15, 0.2) is 9.84 Å². The SMILES string of the molecule is Cc1c(CNC2CCS(=O)(=O)c3ccccc32)cnn1C. The van der Waals surface area contributed by atoms with Crippen LogP contribution in [0.5, 0.6) is 0 Å². The molecule has 1 aromatic heterocycles. The number of nitrogens with one attached hydrogen (secondary N) is 1. The monoisotopic (exact) mass is 305 g/mol. The van der Waals surface area contributed by atoms with Gasteiger partial charge in [-0.3, -0.25) is 4.68 Å². The van der Waals surface area contributed by atoms with Crippen molar-refractivity contribution in [3.8, 4) is 0 Å². The van der Waals surface area contributed by atoms with Gasteiger partial charge in [0.25, 0.3) is 0 Å². The first kappa shape index (κ1) is 14.3. The average Bonchev–Trinajstić information content (AvgIpc) is 2.79. The number of nitrogens with zero attached hydrogens (tertiary/aromatic N) is 2. The van der Waals surface area contributed by atoms with Gasteiger partial charge in [-0.05, 0) is 25.0 Å². The van der Waals surface area contributed by atoms with Gasteiger partial charge in [0, 0.05) is 30.9 Å². The second kappa shape index (κ2) is 5.27. The van der Waals surface area contributed by atoms with Crippen LogP contribution in [-0.2, 0) is 23.4 Å². The summed E-state index contributed by atoms with van der Waals surface area (Å²) in [5, 5.41) is 7.70. The molecule has 5 nitrogen and oxygen atoms in total. The third kappa shape index (κ3) is 2.61. The minimum atomic E-state index is -3.12. The summed E-state index contributed by atoms with van der Waals surface area (Å²) in [6.07, 6.45) is 2.46. The molecular formula is C15H19N3O2S. The molecule has 0 radical (unpaired) electrons. The fraction of sp³-hybridized carbons (Fsp3) is 0.400. The molecule has 1 aromatic carbocycles. The molecule has 6 heteroatoms. The minimum Gasteiger partial charge on any atom is -0.306 e. The maximum atomic E-state index is 12.1. The Morgan fingerprint density at radius 2 is 2.14 bits per heavy atom. The van der Waals surface area contributed by atoms with Gasteiger partial charge in [-0.1, -0.05) is 18.2 Å². The van der Waals surface area contributed by atoms with Gasteiger partial charge in [0.05, 0.1) is 16.8 Å². The van der Waals surface area contributed by atoms with Crippen LogP contribution >= 0.6 is 0 Å². The fourth-order valence-corrected chi connectivity index (χ4v) is 4.37. The molecule has 1 unspecified atom stereocenters. The normalized spacial score (nSPS) is 20.2. The molecule has 1 atom stereocenters. The van der Waals surface area contributed by atoms with E-state index in [0.717, 1.165) is 16.8 Å². The first-order valence-corrected chi connectivity index (χ1v) is 8.67. The Bertz CT molecular complexity index is 765. The van der Waals surface area contributed by atoms with Crippen molar-refractivity contribution in [3.05, 3.63) is 47.3 Å². The zero-order valence-corrected chi connectivity index (χ0v) is 13.0. The van der Waals surface area contributed by atoms with Crippen molar-refractivity contribution in [1.29, 1.82) is 0 Å². The summed E-state index contributed by atoms with van der Waals surface area (Å²) in [7, 11) is -1.20. The lowest BCUT2D eigenvalue weighted by molar-refractivity contribution is 0.491. The molecule has 0 bridgehead atoms. The van der Waals surface area contributed by atoms with E-state index in [9.17, 15) is 8.42 Å². The summed E-state index contributed by atoms with van der Waals surface area (Å²) in [4.78, 5) is 0.469. The second-order valence-electron chi connectivity index (χ2n) is 5.46. The molecule has 1 N–H and O–H groups in total. The zero-order chi connectivity index (χ0) is 15.0. The standard InChI is InChI=1S/C15H19N3O2S/c1-11-12(10-17-18(11)2)9-16-14-7-8-21(19,20)15-6-4-3-5-13(14)15/h3-6,10,14,16H,7-9H2,1-2H3. The molecular weight excluding hydrogens is 286 g/mol. The summed E-state index contributed by atoms with van der Waals surface area (Å²) >= 11 is 0. The van der Waals surface area contributed by atoms with Gasteiger partial charge < -0.3 is 5.32 Å². The molecule has 21 heavy (non-hydrogen) atoms. The molecule has 0 saturated heterocycles. The molecule has 0 amide bonds. The Morgan fingerprint density at radius 3 is 2.86 bits per heavy atom. The average molecular weight is 305 g/mol. The van der Waals surface area contributed by atoms with Gasteiger partial charge >= 0.3 is 0 Å². The Kier molecular flexibility index (Phi) is 3.59.